The van der Waals surface area contributed by atoms with Crippen LogP contribution in [-0.2, 0) is 6.54 Å². The first-order valence-corrected chi connectivity index (χ1v) is 8.23. The Labute approximate surface area is 141 Å². The molecule has 0 aliphatic carbocycles. The summed E-state index contributed by atoms with van der Waals surface area (Å²) in [5.41, 5.74) is 1.72. The molecule has 0 spiro atoms. The molecule has 4 nitrogen and oxygen atoms in total. The third-order valence-electron chi connectivity index (χ3n) is 4.10. The number of aromatic nitrogens is 1. The van der Waals surface area contributed by atoms with Crippen LogP contribution in [0.25, 0.3) is 0 Å². The highest BCUT2D eigenvalue weighted by atomic mass is 35.5. The number of pyridine rings is 1. The third-order valence-corrected chi connectivity index (χ3v) is 4.35. The maximum Gasteiger partial charge on any atom is 0.257 e. The van der Waals surface area contributed by atoms with Crippen molar-refractivity contribution in [3.05, 3.63) is 58.7 Å². The molecular formula is C18H20ClN3O. The molecule has 5 heteroatoms. The Kier molecular flexibility index (Phi) is 4.82. The van der Waals surface area contributed by atoms with Gasteiger partial charge in [0.15, 0.2) is 0 Å². The molecule has 1 saturated heterocycles. The third kappa shape index (κ3) is 3.64. The van der Waals surface area contributed by atoms with E-state index in [2.05, 4.69) is 9.88 Å². The molecular weight excluding hydrogens is 310 g/mol. The van der Waals surface area contributed by atoms with Gasteiger partial charge in [0.1, 0.15) is 5.82 Å². The zero-order chi connectivity index (χ0) is 16.2. The zero-order valence-electron chi connectivity index (χ0n) is 13.2. The van der Waals surface area contributed by atoms with Crippen molar-refractivity contribution >= 4 is 23.3 Å². The fourth-order valence-electron chi connectivity index (χ4n) is 2.89. The van der Waals surface area contributed by atoms with E-state index in [-0.39, 0.29) is 5.91 Å². The van der Waals surface area contributed by atoms with Crippen molar-refractivity contribution in [1.82, 2.24) is 9.88 Å². The molecule has 1 aromatic heterocycles. The number of anilines is 1. The topological polar surface area (TPSA) is 36.4 Å². The first kappa shape index (κ1) is 15.8. The minimum absolute atomic E-state index is 0.00468. The van der Waals surface area contributed by atoms with Crippen molar-refractivity contribution in [1.29, 1.82) is 0 Å². The SMILES string of the molecule is CN(Cc1ccc(Cl)cc1)C(=O)c1cccnc1N1CCCC1. The van der Waals surface area contributed by atoms with E-state index in [1.165, 1.54) is 0 Å². The van der Waals surface area contributed by atoms with Gasteiger partial charge in [-0.1, -0.05) is 23.7 Å². The van der Waals surface area contributed by atoms with E-state index in [1.54, 1.807) is 11.1 Å². The van der Waals surface area contributed by atoms with Gasteiger partial charge in [-0.3, -0.25) is 4.79 Å². The molecule has 1 aliphatic rings. The largest absolute Gasteiger partial charge is 0.356 e. The molecule has 0 unspecified atom stereocenters. The van der Waals surface area contributed by atoms with Crippen LogP contribution in [0.4, 0.5) is 5.82 Å². The van der Waals surface area contributed by atoms with Gasteiger partial charge in [-0.15, -0.1) is 0 Å². The highest BCUT2D eigenvalue weighted by Gasteiger charge is 2.22. The van der Waals surface area contributed by atoms with Gasteiger partial charge in [-0.2, -0.15) is 0 Å². The summed E-state index contributed by atoms with van der Waals surface area (Å²) >= 11 is 5.91. The van der Waals surface area contributed by atoms with Gasteiger partial charge in [0.25, 0.3) is 5.91 Å². The number of rotatable bonds is 4. The molecule has 0 atom stereocenters. The Hall–Kier alpha value is -2.07. The van der Waals surface area contributed by atoms with Gasteiger partial charge in [-0.05, 0) is 42.7 Å². The summed E-state index contributed by atoms with van der Waals surface area (Å²) in [4.78, 5) is 21.2. The number of carbonyl (C=O) groups excluding carboxylic acids is 1. The molecule has 1 fully saturated rings. The maximum absolute atomic E-state index is 12.8. The first-order valence-electron chi connectivity index (χ1n) is 7.85. The molecule has 1 amide bonds. The van der Waals surface area contributed by atoms with Crippen molar-refractivity contribution in [2.75, 3.05) is 25.0 Å². The number of hydrogen-bond acceptors (Lipinski definition) is 3. The lowest BCUT2D eigenvalue weighted by atomic mass is 10.1. The van der Waals surface area contributed by atoms with Crippen LogP contribution in [0.15, 0.2) is 42.6 Å². The van der Waals surface area contributed by atoms with Gasteiger partial charge in [0, 0.05) is 37.9 Å². The van der Waals surface area contributed by atoms with E-state index >= 15 is 0 Å². The van der Waals surface area contributed by atoms with Crippen molar-refractivity contribution < 1.29 is 4.79 Å². The quantitative estimate of drug-likeness (QED) is 0.859. The van der Waals surface area contributed by atoms with E-state index in [9.17, 15) is 4.79 Å². The summed E-state index contributed by atoms with van der Waals surface area (Å²) < 4.78 is 0. The molecule has 0 saturated carbocycles. The van der Waals surface area contributed by atoms with Crippen LogP contribution in [0.2, 0.25) is 5.02 Å². The molecule has 23 heavy (non-hydrogen) atoms. The Morgan fingerprint density at radius 3 is 2.61 bits per heavy atom. The number of nitrogens with zero attached hydrogens (tertiary/aromatic N) is 3. The molecule has 1 aromatic carbocycles. The van der Waals surface area contributed by atoms with Crippen LogP contribution in [0.5, 0.6) is 0 Å². The summed E-state index contributed by atoms with van der Waals surface area (Å²) in [6, 6.07) is 11.3. The Morgan fingerprint density at radius 1 is 1.22 bits per heavy atom. The highest BCUT2D eigenvalue weighted by molar-refractivity contribution is 6.30. The second-order valence-electron chi connectivity index (χ2n) is 5.86. The van der Waals surface area contributed by atoms with Crippen LogP contribution in [-0.4, -0.2) is 35.9 Å². The Bertz CT molecular complexity index is 681. The van der Waals surface area contributed by atoms with Gasteiger partial charge in [0.2, 0.25) is 0 Å². The van der Waals surface area contributed by atoms with E-state index < -0.39 is 0 Å². The van der Waals surface area contributed by atoms with E-state index in [1.807, 2.05) is 43.4 Å². The van der Waals surface area contributed by atoms with Gasteiger partial charge in [0.05, 0.1) is 5.56 Å². The summed E-state index contributed by atoms with van der Waals surface area (Å²) in [5.74, 6) is 0.799. The zero-order valence-corrected chi connectivity index (χ0v) is 14.0. The summed E-state index contributed by atoms with van der Waals surface area (Å²) in [6.07, 6.45) is 4.07. The van der Waals surface area contributed by atoms with Crippen LogP contribution in [0, 0.1) is 0 Å². The molecule has 0 bridgehead atoms. The number of benzene rings is 1. The van der Waals surface area contributed by atoms with Crippen LogP contribution >= 0.6 is 11.6 Å². The minimum Gasteiger partial charge on any atom is -0.356 e. The van der Waals surface area contributed by atoms with Crippen molar-refractivity contribution in [2.24, 2.45) is 0 Å². The summed E-state index contributed by atoms with van der Waals surface area (Å²) in [5, 5.41) is 0.700. The molecule has 2 aromatic rings. The van der Waals surface area contributed by atoms with Gasteiger partial charge >= 0.3 is 0 Å². The molecule has 0 radical (unpaired) electrons. The Balaban J connectivity index is 1.78. The predicted octanol–water partition coefficient (Wildman–Crippen LogP) is 3.61. The van der Waals surface area contributed by atoms with Crippen LogP contribution < -0.4 is 4.90 Å². The van der Waals surface area contributed by atoms with Crippen molar-refractivity contribution in [2.45, 2.75) is 19.4 Å². The Morgan fingerprint density at radius 2 is 1.91 bits per heavy atom. The fraction of sp³-hybridized carbons (Fsp3) is 0.333. The van der Waals surface area contributed by atoms with E-state index in [0.717, 1.165) is 37.3 Å². The number of hydrogen-bond donors (Lipinski definition) is 0. The monoisotopic (exact) mass is 329 g/mol. The summed E-state index contributed by atoms with van der Waals surface area (Å²) in [7, 11) is 1.82. The van der Waals surface area contributed by atoms with Crippen molar-refractivity contribution in [3.8, 4) is 0 Å². The first-order chi connectivity index (χ1) is 11.1. The lowest BCUT2D eigenvalue weighted by Crippen LogP contribution is -2.29. The van der Waals surface area contributed by atoms with E-state index in [4.69, 9.17) is 11.6 Å². The number of halogens is 1. The van der Waals surface area contributed by atoms with Gasteiger partial charge < -0.3 is 9.80 Å². The molecule has 2 heterocycles. The van der Waals surface area contributed by atoms with Crippen molar-refractivity contribution in [3.63, 3.8) is 0 Å². The minimum atomic E-state index is -0.00468. The number of amides is 1. The average Bonchev–Trinajstić information content (AvgIpc) is 3.10. The second kappa shape index (κ2) is 7.01. The molecule has 3 rings (SSSR count). The number of carbonyl (C=O) groups is 1. The molecule has 120 valence electrons. The van der Waals surface area contributed by atoms with Gasteiger partial charge in [-0.25, -0.2) is 4.98 Å². The normalized spacial score (nSPS) is 14.1. The second-order valence-corrected chi connectivity index (χ2v) is 6.29. The fourth-order valence-corrected chi connectivity index (χ4v) is 3.01. The lowest BCUT2D eigenvalue weighted by molar-refractivity contribution is 0.0785. The molecule has 1 aliphatic heterocycles. The maximum atomic E-state index is 12.8. The standard InChI is InChI=1S/C18H20ClN3O/c1-21(13-14-6-8-15(19)9-7-14)18(23)16-5-4-10-20-17(16)22-11-2-3-12-22/h4-10H,2-3,11-13H2,1H3. The molecule has 0 N–H and O–H groups in total. The lowest BCUT2D eigenvalue weighted by Gasteiger charge is -2.23. The van der Waals surface area contributed by atoms with Crippen LogP contribution in [0.3, 0.4) is 0 Å². The predicted molar refractivity (Wildman–Crippen MR) is 92.9 cm³/mol. The smallest absolute Gasteiger partial charge is 0.257 e. The van der Waals surface area contributed by atoms with E-state index in [0.29, 0.717) is 17.1 Å². The van der Waals surface area contributed by atoms with Crippen LogP contribution in [0.1, 0.15) is 28.8 Å². The summed E-state index contributed by atoms with van der Waals surface area (Å²) in [6.45, 7) is 2.49. The average molecular weight is 330 g/mol. The highest BCUT2D eigenvalue weighted by Crippen LogP contribution is 2.23.